The van der Waals surface area contributed by atoms with Crippen LogP contribution >= 0.6 is 0 Å². The first-order valence-electron chi connectivity index (χ1n) is 7.72. The summed E-state index contributed by atoms with van der Waals surface area (Å²) in [6.07, 6.45) is 0. The van der Waals surface area contributed by atoms with Gasteiger partial charge in [0.25, 0.3) is 0 Å². The lowest BCUT2D eigenvalue weighted by Crippen LogP contribution is -2.40. The van der Waals surface area contributed by atoms with Crippen LogP contribution in [0.4, 0.5) is 0 Å². The SMILES string of the molecule is CCNC(CN(CCOC)C(C)C)c1ccc(OC)cc1. The van der Waals surface area contributed by atoms with Crippen molar-refractivity contribution < 1.29 is 9.47 Å². The van der Waals surface area contributed by atoms with Crippen molar-refractivity contribution in [3.63, 3.8) is 0 Å². The van der Waals surface area contributed by atoms with Gasteiger partial charge in [0.15, 0.2) is 0 Å². The summed E-state index contributed by atoms with van der Waals surface area (Å²) < 4.78 is 10.5. The van der Waals surface area contributed by atoms with Crippen LogP contribution < -0.4 is 10.1 Å². The Balaban J connectivity index is 2.78. The first kappa shape index (κ1) is 18.0. The van der Waals surface area contributed by atoms with Gasteiger partial charge >= 0.3 is 0 Å². The van der Waals surface area contributed by atoms with Crippen molar-refractivity contribution in [3.8, 4) is 5.75 Å². The molecular weight excluding hydrogens is 264 g/mol. The van der Waals surface area contributed by atoms with E-state index in [-0.39, 0.29) is 0 Å². The Morgan fingerprint density at radius 2 is 1.81 bits per heavy atom. The zero-order valence-electron chi connectivity index (χ0n) is 14.1. The lowest BCUT2D eigenvalue weighted by atomic mass is 10.1. The van der Waals surface area contributed by atoms with Crippen molar-refractivity contribution in [3.05, 3.63) is 29.8 Å². The smallest absolute Gasteiger partial charge is 0.118 e. The van der Waals surface area contributed by atoms with Crippen molar-refractivity contribution in [1.29, 1.82) is 0 Å². The second-order valence-electron chi connectivity index (χ2n) is 5.46. The van der Waals surface area contributed by atoms with E-state index in [1.165, 1.54) is 5.56 Å². The molecule has 1 aromatic carbocycles. The minimum atomic E-state index is 0.320. The van der Waals surface area contributed by atoms with Crippen LogP contribution in [-0.4, -0.2) is 51.4 Å². The summed E-state index contributed by atoms with van der Waals surface area (Å²) in [6.45, 7) is 10.2. The molecule has 0 aromatic heterocycles. The lowest BCUT2D eigenvalue weighted by Gasteiger charge is -2.31. The average Bonchev–Trinajstić information content (AvgIpc) is 2.50. The number of ether oxygens (including phenoxy) is 2. The van der Waals surface area contributed by atoms with Crippen molar-refractivity contribution in [2.45, 2.75) is 32.9 Å². The molecule has 21 heavy (non-hydrogen) atoms. The Kier molecular flexibility index (Phi) is 8.35. The van der Waals surface area contributed by atoms with Gasteiger partial charge in [-0.25, -0.2) is 0 Å². The maximum atomic E-state index is 5.23. The Morgan fingerprint density at radius 1 is 1.14 bits per heavy atom. The molecule has 0 bridgehead atoms. The molecule has 1 aromatic rings. The second kappa shape index (κ2) is 9.77. The van der Waals surface area contributed by atoms with Gasteiger partial charge in [-0.05, 0) is 38.1 Å². The van der Waals surface area contributed by atoms with Gasteiger partial charge in [-0.2, -0.15) is 0 Å². The zero-order valence-corrected chi connectivity index (χ0v) is 14.1. The number of likely N-dealkylation sites (N-methyl/N-ethyl adjacent to an activating group) is 1. The van der Waals surface area contributed by atoms with Gasteiger partial charge < -0.3 is 14.8 Å². The minimum absolute atomic E-state index is 0.320. The lowest BCUT2D eigenvalue weighted by molar-refractivity contribution is 0.121. The predicted molar refractivity (Wildman–Crippen MR) is 88.0 cm³/mol. The van der Waals surface area contributed by atoms with Crippen LogP contribution in [0.2, 0.25) is 0 Å². The molecule has 1 atom stereocenters. The topological polar surface area (TPSA) is 33.7 Å². The van der Waals surface area contributed by atoms with Crippen molar-refractivity contribution in [1.82, 2.24) is 10.2 Å². The van der Waals surface area contributed by atoms with Gasteiger partial charge in [0.1, 0.15) is 5.75 Å². The van der Waals surface area contributed by atoms with Crippen LogP contribution in [0, 0.1) is 0 Å². The van der Waals surface area contributed by atoms with Gasteiger partial charge in [0.05, 0.1) is 13.7 Å². The predicted octanol–water partition coefficient (Wildman–Crippen LogP) is 2.70. The number of hydrogen-bond donors (Lipinski definition) is 1. The number of nitrogens with one attached hydrogen (secondary N) is 1. The molecule has 0 saturated heterocycles. The summed E-state index contributed by atoms with van der Waals surface area (Å²) in [5.41, 5.74) is 1.29. The molecular formula is C17H30N2O2. The van der Waals surface area contributed by atoms with E-state index in [0.717, 1.165) is 32.0 Å². The highest BCUT2D eigenvalue weighted by Gasteiger charge is 2.17. The normalized spacial score (nSPS) is 12.9. The van der Waals surface area contributed by atoms with E-state index in [0.29, 0.717) is 12.1 Å². The summed E-state index contributed by atoms with van der Waals surface area (Å²) >= 11 is 0. The van der Waals surface area contributed by atoms with E-state index in [1.807, 2.05) is 12.1 Å². The van der Waals surface area contributed by atoms with Gasteiger partial charge in [0.2, 0.25) is 0 Å². The standard InChI is InChI=1S/C17H30N2O2/c1-6-18-17(13-19(14(2)3)11-12-20-4)15-7-9-16(21-5)10-8-15/h7-10,14,17-18H,6,11-13H2,1-5H3. The van der Waals surface area contributed by atoms with Crippen molar-refractivity contribution >= 4 is 0 Å². The Labute approximate surface area is 129 Å². The molecule has 4 heteroatoms. The van der Waals surface area contributed by atoms with Crippen LogP contribution in [0.1, 0.15) is 32.4 Å². The van der Waals surface area contributed by atoms with E-state index in [1.54, 1.807) is 14.2 Å². The molecule has 1 rings (SSSR count). The maximum Gasteiger partial charge on any atom is 0.118 e. The fourth-order valence-corrected chi connectivity index (χ4v) is 2.37. The van der Waals surface area contributed by atoms with Crippen molar-refractivity contribution in [2.24, 2.45) is 0 Å². The Hall–Kier alpha value is -1.10. The number of methoxy groups -OCH3 is 2. The molecule has 0 radical (unpaired) electrons. The van der Waals surface area contributed by atoms with E-state index in [9.17, 15) is 0 Å². The molecule has 1 unspecified atom stereocenters. The average molecular weight is 294 g/mol. The minimum Gasteiger partial charge on any atom is -0.497 e. The molecule has 0 spiro atoms. The third-order valence-corrected chi connectivity index (χ3v) is 3.70. The molecule has 0 aliphatic carbocycles. The molecule has 1 N–H and O–H groups in total. The highest BCUT2D eigenvalue weighted by Crippen LogP contribution is 2.19. The third-order valence-electron chi connectivity index (χ3n) is 3.70. The number of nitrogens with zero attached hydrogens (tertiary/aromatic N) is 1. The number of hydrogen-bond acceptors (Lipinski definition) is 4. The largest absolute Gasteiger partial charge is 0.497 e. The summed E-state index contributed by atoms with van der Waals surface area (Å²) in [4.78, 5) is 2.45. The summed E-state index contributed by atoms with van der Waals surface area (Å²) in [7, 11) is 3.45. The Morgan fingerprint density at radius 3 is 2.29 bits per heavy atom. The van der Waals surface area contributed by atoms with E-state index in [4.69, 9.17) is 9.47 Å². The molecule has 0 saturated carbocycles. The molecule has 0 aliphatic rings. The number of rotatable bonds is 10. The molecule has 0 aliphatic heterocycles. The molecule has 120 valence electrons. The fraction of sp³-hybridized carbons (Fsp3) is 0.647. The molecule has 0 heterocycles. The van der Waals surface area contributed by atoms with Gasteiger partial charge in [-0.1, -0.05) is 19.1 Å². The summed E-state index contributed by atoms with van der Waals surface area (Å²) in [5.74, 6) is 0.897. The van der Waals surface area contributed by atoms with Gasteiger partial charge in [0, 0.05) is 32.3 Å². The highest BCUT2D eigenvalue weighted by molar-refractivity contribution is 5.29. The zero-order chi connectivity index (χ0) is 15.7. The third kappa shape index (κ3) is 6.04. The van der Waals surface area contributed by atoms with Crippen LogP contribution in [0.3, 0.4) is 0 Å². The first-order valence-corrected chi connectivity index (χ1v) is 7.72. The second-order valence-corrected chi connectivity index (χ2v) is 5.46. The maximum absolute atomic E-state index is 5.23. The van der Waals surface area contributed by atoms with Crippen LogP contribution in [0.5, 0.6) is 5.75 Å². The van der Waals surface area contributed by atoms with Crippen LogP contribution in [-0.2, 0) is 4.74 Å². The quantitative estimate of drug-likeness (QED) is 0.719. The van der Waals surface area contributed by atoms with E-state index in [2.05, 4.69) is 43.1 Å². The molecule has 0 fully saturated rings. The molecule has 4 nitrogen and oxygen atoms in total. The fourth-order valence-electron chi connectivity index (χ4n) is 2.37. The summed E-state index contributed by atoms with van der Waals surface area (Å²) in [6, 6.07) is 9.14. The van der Waals surface area contributed by atoms with Crippen molar-refractivity contribution in [2.75, 3.05) is 40.5 Å². The monoisotopic (exact) mass is 294 g/mol. The molecule has 0 amide bonds. The van der Waals surface area contributed by atoms with Crippen LogP contribution in [0.25, 0.3) is 0 Å². The van der Waals surface area contributed by atoms with E-state index < -0.39 is 0 Å². The van der Waals surface area contributed by atoms with Gasteiger partial charge in [-0.3, -0.25) is 4.90 Å². The van der Waals surface area contributed by atoms with E-state index >= 15 is 0 Å². The first-order chi connectivity index (χ1) is 10.1. The van der Waals surface area contributed by atoms with Gasteiger partial charge in [-0.15, -0.1) is 0 Å². The van der Waals surface area contributed by atoms with Crippen LogP contribution in [0.15, 0.2) is 24.3 Å². The number of benzene rings is 1. The summed E-state index contributed by atoms with van der Waals surface area (Å²) in [5, 5.41) is 3.57. The highest BCUT2D eigenvalue weighted by atomic mass is 16.5. The Bertz CT molecular complexity index is 379.